The molecular formula is C25H38O2Si. The Morgan fingerprint density at radius 1 is 0.929 bits per heavy atom. The molecule has 0 heterocycles. The predicted molar refractivity (Wildman–Crippen MR) is 120 cm³/mol. The number of carbonyl (C=O) groups is 1. The summed E-state index contributed by atoms with van der Waals surface area (Å²) in [4.78, 5) is 13.6. The number of carbonyl (C=O) groups excluding carboxylic acids is 1. The topological polar surface area (TPSA) is 26.3 Å². The highest BCUT2D eigenvalue weighted by Crippen LogP contribution is 2.57. The van der Waals surface area contributed by atoms with E-state index in [0.717, 1.165) is 30.6 Å². The lowest BCUT2D eigenvalue weighted by Gasteiger charge is -2.53. The van der Waals surface area contributed by atoms with Crippen LogP contribution in [0.1, 0.15) is 79.4 Å². The normalized spacial score (nSPS) is 22.5. The number of fused-ring (bicyclic) bond motifs is 2. The maximum atomic E-state index is 13.6. The Balaban J connectivity index is 2.20. The highest BCUT2D eigenvalue weighted by molar-refractivity contribution is 6.78. The quantitative estimate of drug-likeness (QED) is 0.485. The summed E-state index contributed by atoms with van der Waals surface area (Å²) in [7, 11) is -2.12. The Morgan fingerprint density at radius 3 is 2.04 bits per heavy atom. The molecule has 0 saturated heterocycles. The number of rotatable bonds is 6. The third-order valence-electron chi connectivity index (χ3n) is 7.30. The van der Waals surface area contributed by atoms with Crippen molar-refractivity contribution in [1.29, 1.82) is 0 Å². The van der Waals surface area contributed by atoms with Gasteiger partial charge in [-0.1, -0.05) is 79.7 Å². The van der Waals surface area contributed by atoms with E-state index in [2.05, 4.69) is 79.7 Å². The van der Waals surface area contributed by atoms with Gasteiger partial charge in [-0.3, -0.25) is 4.79 Å². The van der Waals surface area contributed by atoms with Crippen LogP contribution in [0.15, 0.2) is 35.6 Å². The van der Waals surface area contributed by atoms with E-state index in [1.54, 1.807) is 0 Å². The SMILES string of the molecule is CC(C)C1=C(O[Si](C(C)C)(C(C)C)C(C)C)C2(CCCc3ccccc32)C1=O. The first-order valence-corrected chi connectivity index (χ1v) is 13.3. The van der Waals surface area contributed by atoms with E-state index >= 15 is 0 Å². The Hall–Kier alpha value is -1.35. The van der Waals surface area contributed by atoms with Gasteiger partial charge >= 0.3 is 0 Å². The highest BCUT2D eigenvalue weighted by atomic mass is 28.4. The number of hydrogen-bond donors (Lipinski definition) is 0. The van der Waals surface area contributed by atoms with E-state index < -0.39 is 13.7 Å². The minimum absolute atomic E-state index is 0.209. The van der Waals surface area contributed by atoms with E-state index in [-0.39, 0.29) is 5.92 Å². The third kappa shape index (κ3) is 2.84. The molecule has 0 amide bonds. The van der Waals surface area contributed by atoms with Crippen LogP contribution in [0.3, 0.4) is 0 Å². The summed E-state index contributed by atoms with van der Waals surface area (Å²) in [6.45, 7) is 18.2. The van der Waals surface area contributed by atoms with Gasteiger partial charge < -0.3 is 4.43 Å². The smallest absolute Gasteiger partial charge is 0.258 e. The summed E-state index contributed by atoms with van der Waals surface area (Å²) in [6, 6.07) is 8.56. The molecule has 0 aliphatic heterocycles. The molecule has 0 bridgehead atoms. The molecular weight excluding hydrogens is 360 g/mol. The molecule has 3 heteroatoms. The first-order valence-electron chi connectivity index (χ1n) is 11.2. The van der Waals surface area contributed by atoms with Crippen molar-refractivity contribution < 1.29 is 9.22 Å². The number of benzene rings is 1. The lowest BCUT2D eigenvalue weighted by Crippen LogP contribution is -2.57. The number of hydrogen-bond acceptors (Lipinski definition) is 2. The fourth-order valence-electron chi connectivity index (χ4n) is 6.11. The van der Waals surface area contributed by atoms with E-state index in [4.69, 9.17) is 4.43 Å². The molecule has 0 aromatic heterocycles. The van der Waals surface area contributed by atoms with Crippen molar-refractivity contribution in [3.63, 3.8) is 0 Å². The molecule has 154 valence electrons. The lowest BCUT2D eigenvalue weighted by atomic mass is 9.56. The number of Topliss-reactive ketones (excluding diaryl/α,β-unsaturated/α-hetero) is 1. The monoisotopic (exact) mass is 398 g/mol. The minimum Gasteiger partial charge on any atom is -0.544 e. The van der Waals surface area contributed by atoms with Gasteiger partial charge in [-0.05, 0) is 52.9 Å². The van der Waals surface area contributed by atoms with Crippen LogP contribution in [0.4, 0.5) is 0 Å². The van der Waals surface area contributed by atoms with Crippen LogP contribution in [0.5, 0.6) is 0 Å². The molecule has 1 aromatic carbocycles. The largest absolute Gasteiger partial charge is 0.544 e. The second-order valence-electron chi connectivity index (χ2n) is 10.1. The molecule has 0 fully saturated rings. The van der Waals surface area contributed by atoms with Gasteiger partial charge in [0.25, 0.3) is 8.32 Å². The molecule has 0 radical (unpaired) electrons. The zero-order valence-corrected chi connectivity index (χ0v) is 20.1. The van der Waals surface area contributed by atoms with Gasteiger partial charge in [0, 0.05) is 5.57 Å². The van der Waals surface area contributed by atoms with Gasteiger partial charge in [0.05, 0.1) is 0 Å². The fraction of sp³-hybridized carbons (Fsp3) is 0.640. The molecule has 0 saturated carbocycles. The summed E-state index contributed by atoms with van der Waals surface area (Å²) in [5.74, 6) is 1.58. The van der Waals surface area contributed by atoms with Crippen molar-refractivity contribution in [3.05, 3.63) is 46.7 Å². The zero-order valence-electron chi connectivity index (χ0n) is 19.1. The average molecular weight is 399 g/mol. The van der Waals surface area contributed by atoms with E-state index in [1.807, 2.05) is 0 Å². The molecule has 0 N–H and O–H groups in total. The van der Waals surface area contributed by atoms with Crippen molar-refractivity contribution in [3.8, 4) is 0 Å². The Bertz CT molecular complexity index is 766. The van der Waals surface area contributed by atoms with Crippen molar-refractivity contribution >= 4 is 14.1 Å². The van der Waals surface area contributed by atoms with E-state index in [9.17, 15) is 4.79 Å². The first kappa shape index (κ1) is 21.4. The Labute approximate surface area is 172 Å². The standard InChI is InChI=1S/C25H38O2Si/c1-16(2)22-23(26)25(15-11-13-20-12-9-10-14-21(20)25)24(22)27-28(17(3)4,18(5)6)19(7)8/h9-10,12,14,16-19H,11,13,15H2,1-8H3. The maximum Gasteiger partial charge on any atom is 0.258 e. The van der Waals surface area contributed by atoms with Gasteiger partial charge in [-0.15, -0.1) is 0 Å². The maximum absolute atomic E-state index is 13.6. The van der Waals surface area contributed by atoms with Crippen LogP contribution in [0, 0.1) is 5.92 Å². The molecule has 3 rings (SSSR count). The van der Waals surface area contributed by atoms with Crippen molar-refractivity contribution in [1.82, 2.24) is 0 Å². The Morgan fingerprint density at radius 2 is 1.50 bits per heavy atom. The number of aryl methyl sites for hydroxylation is 1. The number of allylic oxidation sites excluding steroid dienone is 2. The van der Waals surface area contributed by atoms with Crippen LogP contribution < -0.4 is 0 Å². The van der Waals surface area contributed by atoms with Gasteiger partial charge in [-0.2, -0.15) is 0 Å². The van der Waals surface area contributed by atoms with Crippen LogP contribution in [0.2, 0.25) is 16.6 Å². The van der Waals surface area contributed by atoms with Crippen LogP contribution in [-0.2, 0) is 21.1 Å². The van der Waals surface area contributed by atoms with Crippen molar-refractivity contribution in [2.75, 3.05) is 0 Å². The van der Waals surface area contributed by atoms with E-state index in [0.29, 0.717) is 22.4 Å². The molecule has 1 atom stereocenters. The minimum atomic E-state index is -2.12. The molecule has 2 nitrogen and oxygen atoms in total. The molecule has 1 spiro atoms. The summed E-state index contributed by atoms with van der Waals surface area (Å²) in [6.07, 6.45) is 3.02. The Kier molecular flexibility index (Phi) is 5.70. The van der Waals surface area contributed by atoms with Crippen LogP contribution in [0.25, 0.3) is 0 Å². The molecule has 1 unspecified atom stereocenters. The highest BCUT2D eigenvalue weighted by Gasteiger charge is 2.61. The summed E-state index contributed by atoms with van der Waals surface area (Å²) in [5, 5.41) is 0. The van der Waals surface area contributed by atoms with Gasteiger partial charge in [-0.25, -0.2) is 0 Å². The summed E-state index contributed by atoms with van der Waals surface area (Å²) >= 11 is 0. The van der Waals surface area contributed by atoms with Gasteiger partial charge in [0.1, 0.15) is 11.2 Å². The van der Waals surface area contributed by atoms with Crippen LogP contribution >= 0.6 is 0 Å². The first-order chi connectivity index (χ1) is 13.1. The second kappa shape index (κ2) is 7.48. The number of ketones is 1. The summed E-state index contributed by atoms with van der Waals surface area (Å²) < 4.78 is 7.25. The molecule has 2 aliphatic rings. The van der Waals surface area contributed by atoms with Gasteiger partial charge in [0.2, 0.25) is 0 Å². The molecule has 1 aromatic rings. The predicted octanol–water partition coefficient (Wildman–Crippen LogP) is 6.95. The molecule has 2 aliphatic carbocycles. The summed E-state index contributed by atoms with van der Waals surface area (Å²) in [5.41, 5.74) is 4.48. The second-order valence-corrected chi connectivity index (χ2v) is 15.4. The third-order valence-corrected chi connectivity index (χ3v) is 13.3. The fourth-order valence-corrected chi connectivity index (χ4v) is 11.5. The van der Waals surface area contributed by atoms with Crippen LogP contribution in [-0.4, -0.2) is 14.1 Å². The zero-order chi connectivity index (χ0) is 20.9. The molecule has 28 heavy (non-hydrogen) atoms. The van der Waals surface area contributed by atoms with Crippen molar-refractivity contribution in [2.24, 2.45) is 5.92 Å². The van der Waals surface area contributed by atoms with Crippen molar-refractivity contribution in [2.45, 2.75) is 96.7 Å². The average Bonchev–Trinajstić information content (AvgIpc) is 2.62. The lowest BCUT2D eigenvalue weighted by molar-refractivity contribution is -0.125. The van der Waals surface area contributed by atoms with E-state index in [1.165, 1.54) is 11.1 Å². The van der Waals surface area contributed by atoms with Gasteiger partial charge in [0.15, 0.2) is 5.78 Å².